The predicted molar refractivity (Wildman–Crippen MR) is 51.4 cm³/mol. The monoisotopic (exact) mass is 185 g/mol. The Morgan fingerprint density at radius 1 is 1.54 bits per heavy atom. The maximum atomic E-state index is 11.5. The predicted octanol–water partition coefficient (Wildman–Crippen LogP) is 1.28. The summed E-state index contributed by atoms with van der Waals surface area (Å²) in [5, 5.41) is 0. The van der Waals surface area contributed by atoms with Crippen molar-refractivity contribution in [1.29, 1.82) is 0 Å². The van der Waals surface area contributed by atoms with Gasteiger partial charge in [0.2, 0.25) is 0 Å². The Morgan fingerprint density at radius 2 is 2.15 bits per heavy atom. The topological polar surface area (TPSA) is 29.5 Å². The van der Waals surface area contributed by atoms with Crippen LogP contribution in [0.1, 0.15) is 27.2 Å². The van der Waals surface area contributed by atoms with Gasteiger partial charge < -0.3 is 4.74 Å². The van der Waals surface area contributed by atoms with Crippen LogP contribution in [0.4, 0.5) is 0 Å². The van der Waals surface area contributed by atoms with E-state index >= 15 is 0 Å². The van der Waals surface area contributed by atoms with Crippen LogP contribution in [0, 0.1) is 5.92 Å². The molecule has 1 fully saturated rings. The van der Waals surface area contributed by atoms with Crippen molar-refractivity contribution in [3.63, 3.8) is 0 Å². The SMILES string of the molecule is COC(=O)[C@@H]1[C@H](C)CCN1C(C)C. The second-order valence-corrected chi connectivity index (χ2v) is 4.07. The van der Waals surface area contributed by atoms with E-state index in [-0.39, 0.29) is 12.0 Å². The van der Waals surface area contributed by atoms with Crippen molar-refractivity contribution in [2.24, 2.45) is 5.92 Å². The third-order valence-corrected chi connectivity index (χ3v) is 2.84. The fraction of sp³-hybridized carbons (Fsp3) is 0.900. The van der Waals surface area contributed by atoms with Crippen LogP contribution in [0.5, 0.6) is 0 Å². The van der Waals surface area contributed by atoms with E-state index < -0.39 is 0 Å². The molecule has 0 aromatic carbocycles. The first kappa shape index (κ1) is 10.5. The minimum atomic E-state index is -0.0845. The molecule has 1 rings (SSSR count). The summed E-state index contributed by atoms with van der Waals surface area (Å²) in [5.74, 6) is 0.341. The maximum absolute atomic E-state index is 11.5. The summed E-state index contributed by atoms with van der Waals surface area (Å²) in [7, 11) is 1.46. The van der Waals surface area contributed by atoms with Gasteiger partial charge in [0.1, 0.15) is 6.04 Å². The Bertz CT molecular complexity index is 191. The van der Waals surface area contributed by atoms with Crippen molar-refractivity contribution in [3.05, 3.63) is 0 Å². The van der Waals surface area contributed by atoms with E-state index in [0.717, 1.165) is 13.0 Å². The van der Waals surface area contributed by atoms with Gasteiger partial charge in [-0.05, 0) is 32.7 Å². The van der Waals surface area contributed by atoms with Crippen LogP contribution in [0.15, 0.2) is 0 Å². The fourth-order valence-electron chi connectivity index (χ4n) is 2.04. The van der Waals surface area contributed by atoms with Gasteiger partial charge in [-0.2, -0.15) is 0 Å². The minimum absolute atomic E-state index is 0.0231. The highest BCUT2D eigenvalue weighted by Gasteiger charge is 2.38. The first-order chi connectivity index (χ1) is 6.07. The summed E-state index contributed by atoms with van der Waals surface area (Å²) in [5.41, 5.74) is 0. The van der Waals surface area contributed by atoms with E-state index in [1.807, 2.05) is 0 Å². The van der Waals surface area contributed by atoms with Gasteiger partial charge in [0.05, 0.1) is 7.11 Å². The van der Waals surface area contributed by atoms with E-state index in [4.69, 9.17) is 4.74 Å². The highest BCUT2D eigenvalue weighted by atomic mass is 16.5. The van der Waals surface area contributed by atoms with Crippen molar-refractivity contribution < 1.29 is 9.53 Å². The molecule has 1 heterocycles. The van der Waals surface area contributed by atoms with Gasteiger partial charge in [-0.1, -0.05) is 6.92 Å². The summed E-state index contributed by atoms with van der Waals surface area (Å²) in [4.78, 5) is 13.7. The molecule has 0 bridgehead atoms. The molecular formula is C10H19NO2. The van der Waals surface area contributed by atoms with Crippen molar-refractivity contribution in [2.75, 3.05) is 13.7 Å². The Hall–Kier alpha value is -0.570. The number of ether oxygens (including phenoxy) is 1. The van der Waals surface area contributed by atoms with Gasteiger partial charge in [-0.15, -0.1) is 0 Å². The van der Waals surface area contributed by atoms with Crippen LogP contribution in [0.2, 0.25) is 0 Å². The van der Waals surface area contributed by atoms with Gasteiger partial charge in [0.25, 0.3) is 0 Å². The lowest BCUT2D eigenvalue weighted by Crippen LogP contribution is -2.43. The molecule has 0 saturated carbocycles. The summed E-state index contributed by atoms with van der Waals surface area (Å²) in [6.45, 7) is 7.37. The third kappa shape index (κ3) is 2.02. The first-order valence-electron chi connectivity index (χ1n) is 4.91. The third-order valence-electron chi connectivity index (χ3n) is 2.84. The molecule has 0 N–H and O–H groups in total. The van der Waals surface area contributed by atoms with Gasteiger partial charge >= 0.3 is 5.97 Å². The van der Waals surface area contributed by atoms with Gasteiger partial charge in [-0.3, -0.25) is 9.69 Å². The lowest BCUT2D eigenvalue weighted by atomic mass is 10.0. The molecule has 0 aliphatic carbocycles. The quantitative estimate of drug-likeness (QED) is 0.607. The molecule has 0 radical (unpaired) electrons. The number of esters is 1. The molecule has 1 saturated heterocycles. The average molecular weight is 185 g/mol. The Morgan fingerprint density at radius 3 is 2.62 bits per heavy atom. The van der Waals surface area contributed by atoms with Crippen LogP contribution < -0.4 is 0 Å². The minimum Gasteiger partial charge on any atom is -0.468 e. The van der Waals surface area contributed by atoms with Gasteiger partial charge in [0.15, 0.2) is 0 Å². The number of carbonyl (C=O) groups excluding carboxylic acids is 1. The smallest absolute Gasteiger partial charge is 0.323 e. The molecule has 0 aromatic rings. The van der Waals surface area contributed by atoms with Crippen molar-refractivity contribution in [1.82, 2.24) is 4.90 Å². The standard InChI is InChI=1S/C10H19NO2/c1-7(2)11-6-5-8(3)9(11)10(12)13-4/h7-9H,5-6H2,1-4H3/t8-,9+/m1/s1. The molecular weight excluding hydrogens is 166 g/mol. The van der Waals surface area contributed by atoms with Crippen molar-refractivity contribution in [3.8, 4) is 0 Å². The molecule has 0 unspecified atom stereocenters. The van der Waals surface area contributed by atoms with E-state index in [0.29, 0.717) is 12.0 Å². The molecule has 0 aromatic heterocycles. The van der Waals surface area contributed by atoms with Crippen LogP contribution in [-0.2, 0) is 9.53 Å². The molecule has 0 spiro atoms. The molecule has 1 aliphatic rings. The number of likely N-dealkylation sites (tertiary alicyclic amines) is 1. The number of hydrogen-bond donors (Lipinski definition) is 0. The molecule has 13 heavy (non-hydrogen) atoms. The lowest BCUT2D eigenvalue weighted by Gasteiger charge is -2.27. The number of rotatable bonds is 2. The molecule has 2 atom stereocenters. The van der Waals surface area contributed by atoms with Gasteiger partial charge in [0, 0.05) is 6.04 Å². The van der Waals surface area contributed by atoms with Crippen LogP contribution in [-0.4, -0.2) is 36.6 Å². The Labute approximate surface area is 80.1 Å². The number of methoxy groups -OCH3 is 1. The number of hydrogen-bond acceptors (Lipinski definition) is 3. The van der Waals surface area contributed by atoms with E-state index in [1.165, 1.54) is 7.11 Å². The van der Waals surface area contributed by atoms with E-state index in [1.54, 1.807) is 0 Å². The Kier molecular flexibility index (Phi) is 3.31. The van der Waals surface area contributed by atoms with Crippen molar-refractivity contribution in [2.45, 2.75) is 39.3 Å². The second kappa shape index (κ2) is 4.09. The van der Waals surface area contributed by atoms with Crippen LogP contribution in [0.25, 0.3) is 0 Å². The highest BCUT2D eigenvalue weighted by Crippen LogP contribution is 2.26. The lowest BCUT2D eigenvalue weighted by molar-refractivity contribution is -0.147. The van der Waals surface area contributed by atoms with Crippen LogP contribution in [0.3, 0.4) is 0 Å². The van der Waals surface area contributed by atoms with Crippen molar-refractivity contribution >= 4 is 5.97 Å². The highest BCUT2D eigenvalue weighted by molar-refractivity contribution is 5.76. The molecule has 3 nitrogen and oxygen atoms in total. The zero-order chi connectivity index (χ0) is 10.0. The van der Waals surface area contributed by atoms with E-state index in [2.05, 4.69) is 25.7 Å². The normalized spacial score (nSPS) is 29.6. The summed E-state index contributed by atoms with van der Waals surface area (Å²) >= 11 is 0. The fourth-order valence-corrected chi connectivity index (χ4v) is 2.04. The largest absolute Gasteiger partial charge is 0.468 e. The summed E-state index contributed by atoms with van der Waals surface area (Å²) in [6.07, 6.45) is 1.10. The molecule has 0 amide bonds. The summed E-state index contributed by atoms with van der Waals surface area (Å²) < 4.78 is 4.80. The molecule has 76 valence electrons. The average Bonchev–Trinajstić information content (AvgIpc) is 2.46. The Balaban J connectivity index is 2.71. The van der Waals surface area contributed by atoms with Crippen LogP contribution >= 0.6 is 0 Å². The van der Waals surface area contributed by atoms with E-state index in [9.17, 15) is 4.79 Å². The summed E-state index contributed by atoms with van der Waals surface area (Å²) in [6, 6.07) is 0.402. The number of nitrogens with zero attached hydrogens (tertiary/aromatic N) is 1. The van der Waals surface area contributed by atoms with Gasteiger partial charge in [-0.25, -0.2) is 0 Å². The maximum Gasteiger partial charge on any atom is 0.323 e. The number of carbonyl (C=O) groups is 1. The second-order valence-electron chi connectivity index (χ2n) is 4.07. The molecule has 1 aliphatic heterocycles. The zero-order valence-corrected chi connectivity index (χ0v) is 8.91. The molecule has 3 heteroatoms. The zero-order valence-electron chi connectivity index (χ0n) is 8.91. The first-order valence-corrected chi connectivity index (χ1v) is 4.91.